The predicted molar refractivity (Wildman–Crippen MR) is 67.6 cm³/mol. The van der Waals surface area contributed by atoms with Crippen molar-refractivity contribution in [1.29, 1.82) is 0 Å². The van der Waals surface area contributed by atoms with E-state index < -0.39 is 6.03 Å². The Hall–Kier alpha value is -1.76. The lowest BCUT2D eigenvalue weighted by Crippen LogP contribution is -2.24. The van der Waals surface area contributed by atoms with E-state index in [1.54, 1.807) is 12.1 Å². The Morgan fingerprint density at radius 3 is 2.71 bits per heavy atom. The first-order valence-electron chi connectivity index (χ1n) is 4.59. The van der Waals surface area contributed by atoms with E-state index in [0.29, 0.717) is 17.1 Å². The van der Waals surface area contributed by atoms with Gasteiger partial charge < -0.3 is 15.2 Å². The number of benzene rings is 1. The molecule has 0 radical (unpaired) electrons. The van der Waals surface area contributed by atoms with Gasteiger partial charge in [0.2, 0.25) is 0 Å². The van der Waals surface area contributed by atoms with Crippen LogP contribution < -0.4 is 20.6 Å². The third-order valence-electron chi connectivity index (χ3n) is 1.90. The minimum Gasteiger partial charge on any atom is -0.493 e. The van der Waals surface area contributed by atoms with Gasteiger partial charge in [0.1, 0.15) is 0 Å². The quantitative estimate of drug-likeness (QED) is 0.652. The van der Waals surface area contributed by atoms with Gasteiger partial charge in [-0.1, -0.05) is 0 Å². The molecule has 0 aliphatic heterocycles. The molecule has 0 aromatic heterocycles. The van der Waals surface area contributed by atoms with Gasteiger partial charge in [-0.3, -0.25) is 0 Å². The minimum atomic E-state index is -0.737. The van der Waals surface area contributed by atoms with Crippen LogP contribution in [0.4, 0.5) is 4.79 Å². The molecule has 0 unspecified atom stereocenters. The molecule has 1 aromatic rings. The van der Waals surface area contributed by atoms with Crippen LogP contribution in [0.25, 0.3) is 0 Å². The Balaban J connectivity index is 3.11. The van der Waals surface area contributed by atoms with Gasteiger partial charge in [-0.25, -0.2) is 10.2 Å². The molecular weight excluding hydrogens is 290 g/mol. The number of urea groups is 1. The number of amides is 2. The van der Waals surface area contributed by atoms with E-state index in [0.717, 1.165) is 4.47 Å². The number of methoxy groups -OCH3 is 2. The third kappa shape index (κ3) is 3.35. The minimum absolute atomic E-state index is 0.511. The van der Waals surface area contributed by atoms with Crippen molar-refractivity contribution < 1.29 is 14.3 Å². The molecule has 0 atom stereocenters. The number of primary amides is 1. The van der Waals surface area contributed by atoms with Crippen molar-refractivity contribution in [3.05, 3.63) is 22.2 Å². The third-order valence-corrected chi connectivity index (χ3v) is 2.59. The maximum atomic E-state index is 10.5. The fraction of sp³-hybridized carbons (Fsp3) is 0.200. The number of hydrogen-bond acceptors (Lipinski definition) is 4. The average molecular weight is 302 g/mol. The van der Waals surface area contributed by atoms with Crippen LogP contribution in [0.5, 0.6) is 11.5 Å². The van der Waals surface area contributed by atoms with Crippen molar-refractivity contribution in [2.45, 2.75) is 0 Å². The summed E-state index contributed by atoms with van der Waals surface area (Å²) in [5.41, 5.74) is 7.63. The number of nitrogens with two attached hydrogens (primary N) is 1. The Labute approximate surface area is 107 Å². The maximum absolute atomic E-state index is 10.5. The molecule has 0 aliphatic carbocycles. The molecule has 0 spiro atoms. The SMILES string of the molecule is COc1ccc(Br)c(C=NNC(N)=O)c1OC. The zero-order chi connectivity index (χ0) is 12.8. The first-order valence-corrected chi connectivity index (χ1v) is 5.38. The van der Waals surface area contributed by atoms with Gasteiger partial charge >= 0.3 is 6.03 Å². The molecule has 2 amide bonds. The number of rotatable bonds is 4. The number of carbonyl (C=O) groups is 1. The highest BCUT2D eigenvalue weighted by Gasteiger charge is 2.11. The smallest absolute Gasteiger partial charge is 0.332 e. The fourth-order valence-electron chi connectivity index (χ4n) is 1.21. The van der Waals surface area contributed by atoms with Crippen LogP contribution in [0.15, 0.2) is 21.7 Å². The Bertz CT molecular complexity index is 449. The zero-order valence-corrected chi connectivity index (χ0v) is 10.9. The maximum Gasteiger partial charge on any atom is 0.332 e. The predicted octanol–water partition coefficient (Wildman–Crippen LogP) is 1.47. The number of nitrogens with zero attached hydrogens (tertiary/aromatic N) is 1. The number of ether oxygens (including phenoxy) is 2. The summed E-state index contributed by atoms with van der Waals surface area (Å²) in [5, 5.41) is 3.67. The van der Waals surface area contributed by atoms with Crippen molar-refractivity contribution in [3.63, 3.8) is 0 Å². The molecule has 0 saturated carbocycles. The highest BCUT2D eigenvalue weighted by Crippen LogP contribution is 2.34. The number of hydrogen-bond donors (Lipinski definition) is 2. The highest BCUT2D eigenvalue weighted by molar-refractivity contribution is 9.10. The summed E-state index contributed by atoms with van der Waals surface area (Å²) in [6, 6.07) is 2.80. The summed E-state index contributed by atoms with van der Waals surface area (Å²) >= 11 is 3.35. The van der Waals surface area contributed by atoms with Crippen LogP contribution in [-0.4, -0.2) is 26.5 Å². The molecule has 0 heterocycles. The number of carbonyl (C=O) groups excluding carboxylic acids is 1. The molecule has 0 saturated heterocycles. The highest BCUT2D eigenvalue weighted by atomic mass is 79.9. The van der Waals surface area contributed by atoms with Gasteiger partial charge in [0.05, 0.1) is 26.0 Å². The molecule has 7 heteroatoms. The largest absolute Gasteiger partial charge is 0.493 e. The van der Waals surface area contributed by atoms with Gasteiger partial charge in [0.25, 0.3) is 0 Å². The standard InChI is InChI=1S/C10H12BrN3O3/c1-16-8-4-3-7(11)6(9(8)17-2)5-13-14-10(12)15/h3-5H,1-2H3,(H3,12,14,15). The van der Waals surface area contributed by atoms with E-state index in [4.69, 9.17) is 15.2 Å². The van der Waals surface area contributed by atoms with E-state index in [2.05, 4.69) is 26.5 Å². The lowest BCUT2D eigenvalue weighted by Gasteiger charge is -2.11. The Morgan fingerprint density at radius 1 is 1.47 bits per heavy atom. The van der Waals surface area contributed by atoms with Gasteiger partial charge in [-0.2, -0.15) is 5.10 Å². The van der Waals surface area contributed by atoms with Crippen molar-refractivity contribution >= 4 is 28.2 Å². The number of halogens is 1. The van der Waals surface area contributed by atoms with Gasteiger partial charge in [-0.15, -0.1) is 0 Å². The van der Waals surface area contributed by atoms with E-state index in [9.17, 15) is 4.79 Å². The van der Waals surface area contributed by atoms with Crippen LogP contribution in [0, 0.1) is 0 Å². The molecule has 6 nitrogen and oxygen atoms in total. The fourth-order valence-corrected chi connectivity index (χ4v) is 1.62. The summed E-state index contributed by atoms with van der Waals surface area (Å²) in [4.78, 5) is 10.5. The zero-order valence-electron chi connectivity index (χ0n) is 9.36. The molecule has 3 N–H and O–H groups in total. The van der Waals surface area contributed by atoms with Gasteiger partial charge in [-0.05, 0) is 28.1 Å². The molecule has 0 aliphatic rings. The van der Waals surface area contributed by atoms with Crippen molar-refractivity contribution in [2.24, 2.45) is 10.8 Å². The van der Waals surface area contributed by atoms with Crippen LogP contribution in [0.3, 0.4) is 0 Å². The molecule has 17 heavy (non-hydrogen) atoms. The second-order valence-electron chi connectivity index (χ2n) is 2.93. The van der Waals surface area contributed by atoms with E-state index in [1.807, 2.05) is 0 Å². The van der Waals surface area contributed by atoms with Crippen molar-refractivity contribution in [1.82, 2.24) is 5.43 Å². The normalized spacial score (nSPS) is 10.3. The number of hydrazone groups is 1. The van der Waals surface area contributed by atoms with E-state index >= 15 is 0 Å². The summed E-state index contributed by atoms with van der Waals surface area (Å²) in [6.07, 6.45) is 1.41. The summed E-state index contributed by atoms with van der Waals surface area (Å²) in [6.45, 7) is 0. The topological polar surface area (TPSA) is 85.9 Å². The van der Waals surface area contributed by atoms with E-state index in [1.165, 1.54) is 20.4 Å². The van der Waals surface area contributed by atoms with Crippen molar-refractivity contribution in [3.8, 4) is 11.5 Å². The first kappa shape index (κ1) is 13.3. The molecule has 1 rings (SSSR count). The van der Waals surface area contributed by atoms with Crippen LogP contribution in [-0.2, 0) is 0 Å². The molecule has 92 valence electrons. The summed E-state index contributed by atoms with van der Waals surface area (Å²) < 4.78 is 11.1. The van der Waals surface area contributed by atoms with Crippen LogP contribution >= 0.6 is 15.9 Å². The first-order chi connectivity index (χ1) is 8.10. The van der Waals surface area contributed by atoms with Crippen LogP contribution in [0.2, 0.25) is 0 Å². The molecule has 1 aromatic carbocycles. The second kappa shape index (κ2) is 6.09. The van der Waals surface area contributed by atoms with Gasteiger partial charge in [0.15, 0.2) is 11.5 Å². The van der Waals surface area contributed by atoms with Crippen molar-refractivity contribution in [2.75, 3.05) is 14.2 Å². The molecule has 0 bridgehead atoms. The average Bonchev–Trinajstić information content (AvgIpc) is 2.30. The Kier molecular flexibility index (Phi) is 4.77. The molecular formula is C10H12BrN3O3. The Morgan fingerprint density at radius 2 is 2.18 bits per heavy atom. The summed E-state index contributed by atoms with van der Waals surface area (Å²) in [7, 11) is 3.05. The van der Waals surface area contributed by atoms with E-state index in [-0.39, 0.29) is 0 Å². The van der Waals surface area contributed by atoms with Crippen LogP contribution in [0.1, 0.15) is 5.56 Å². The lowest BCUT2D eigenvalue weighted by molar-refractivity contribution is 0.249. The molecule has 0 fully saturated rings. The lowest BCUT2D eigenvalue weighted by atomic mass is 10.2. The summed E-state index contributed by atoms with van der Waals surface area (Å²) in [5.74, 6) is 1.08. The van der Waals surface area contributed by atoms with Gasteiger partial charge in [0, 0.05) is 4.47 Å². The number of nitrogens with one attached hydrogen (secondary N) is 1. The second-order valence-corrected chi connectivity index (χ2v) is 3.79. The monoisotopic (exact) mass is 301 g/mol.